The summed E-state index contributed by atoms with van der Waals surface area (Å²) >= 11 is 0. The number of likely N-dealkylation sites (tertiary alicyclic amines) is 1. The fraction of sp³-hybridized carbons (Fsp3) is 0.625. The summed E-state index contributed by atoms with van der Waals surface area (Å²) in [5.74, 6) is -1.09. The lowest BCUT2D eigenvalue weighted by atomic mass is 9.89. The monoisotopic (exact) mass is 473 g/mol. The van der Waals surface area contributed by atoms with Crippen molar-refractivity contribution in [1.29, 1.82) is 0 Å². The predicted octanol–water partition coefficient (Wildman–Crippen LogP) is 2.90. The summed E-state index contributed by atoms with van der Waals surface area (Å²) in [6.07, 6.45) is 5.08. The molecule has 0 aromatic heterocycles. The first-order chi connectivity index (χ1) is 16.4. The molecule has 1 aromatic rings. The third-order valence-corrected chi connectivity index (χ3v) is 7.13. The number of carbonyl (C=O) groups is 3. The molecule has 2 saturated heterocycles. The van der Waals surface area contributed by atoms with Gasteiger partial charge in [0.15, 0.2) is 0 Å². The second-order valence-corrected chi connectivity index (χ2v) is 9.17. The van der Waals surface area contributed by atoms with Gasteiger partial charge in [-0.2, -0.15) is 0 Å². The van der Waals surface area contributed by atoms with E-state index in [4.69, 9.17) is 9.47 Å². The standard InChI is InChI=1S/C24H31N3O7/c1-2-33-23(30)17-9-13-25(14-10-17)22(29)20-16-34-24(11-4-3-5-12-24)26(20)21(28)18-7-6-8-19(15-18)27(31)32/h6-8,15,17,20H,2-5,9-14,16H2,1H3. The van der Waals surface area contributed by atoms with Crippen LogP contribution in [0.4, 0.5) is 5.69 Å². The summed E-state index contributed by atoms with van der Waals surface area (Å²) in [7, 11) is 0. The molecule has 2 aliphatic heterocycles. The van der Waals surface area contributed by atoms with Crippen LogP contribution in [0.15, 0.2) is 24.3 Å². The van der Waals surface area contributed by atoms with E-state index in [1.165, 1.54) is 24.3 Å². The zero-order chi connectivity index (χ0) is 24.3. The van der Waals surface area contributed by atoms with Gasteiger partial charge in [0.2, 0.25) is 5.91 Å². The molecule has 4 rings (SSSR count). The summed E-state index contributed by atoms with van der Waals surface area (Å²) in [4.78, 5) is 53.3. The van der Waals surface area contributed by atoms with Gasteiger partial charge in [-0.05, 0) is 51.5 Å². The molecule has 2 amide bonds. The SMILES string of the molecule is CCOC(=O)C1CCN(C(=O)C2COC3(CCCCC3)N2C(=O)c2cccc([N+](=O)[O-])c2)CC1. The van der Waals surface area contributed by atoms with Gasteiger partial charge in [0.25, 0.3) is 11.6 Å². The second kappa shape index (κ2) is 10.1. The molecule has 3 fully saturated rings. The van der Waals surface area contributed by atoms with Crippen molar-refractivity contribution in [1.82, 2.24) is 9.80 Å². The van der Waals surface area contributed by atoms with Gasteiger partial charge < -0.3 is 14.4 Å². The van der Waals surface area contributed by atoms with E-state index in [1.54, 1.807) is 16.7 Å². The Bertz CT molecular complexity index is 952. The van der Waals surface area contributed by atoms with Crippen molar-refractivity contribution >= 4 is 23.5 Å². The predicted molar refractivity (Wildman–Crippen MR) is 121 cm³/mol. The number of piperidine rings is 1. The number of rotatable bonds is 5. The van der Waals surface area contributed by atoms with Crippen molar-refractivity contribution in [2.75, 3.05) is 26.3 Å². The molecule has 1 aromatic carbocycles. The van der Waals surface area contributed by atoms with Crippen LogP contribution < -0.4 is 0 Å². The third-order valence-electron chi connectivity index (χ3n) is 7.13. The van der Waals surface area contributed by atoms with Gasteiger partial charge in [0, 0.05) is 30.8 Å². The fourth-order valence-corrected chi connectivity index (χ4v) is 5.36. The molecule has 1 aliphatic carbocycles. The third kappa shape index (κ3) is 4.64. The van der Waals surface area contributed by atoms with E-state index in [1.807, 2.05) is 0 Å². The largest absolute Gasteiger partial charge is 0.466 e. The number of ether oxygens (including phenoxy) is 2. The number of non-ortho nitro benzene ring substituents is 1. The number of nitro benzene ring substituents is 1. The van der Waals surface area contributed by atoms with Gasteiger partial charge in [-0.15, -0.1) is 0 Å². The van der Waals surface area contributed by atoms with Gasteiger partial charge in [-0.25, -0.2) is 0 Å². The van der Waals surface area contributed by atoms with E-state index in [0.29, 0.717) is 45.4 Å². The van der Waals surface area contributed by atoms with E-state index in [0.717, 1.165) is 19.3 Å². The normalized spacial score (nSPS) is 22.6. The summed E-state index contributed by atoms with van der Waals surface area (Å²) in [5.41, 5.74) is -0.875. The van der Waals surface area contributed by atoms with Crippen molar-refractivity contribution in [2.45, 2.75) is 63.6 Å². The number of hydrogen-bond acceptors (Lipinski definition) is 7. The number of nitro groups is 1. The first kappa shape index (κ1) is 24.1. The number of hydrogen-bond donors (Lipinski definition) is 0. The van der Waals surface area contributed by atoms with Crippen LogP contribution in [0, 0.1) is 16.0 Å². The van der Waals surface area contributed by atoms with Crippen LogP contribution in [-0.2, 0) is 19.1 Å². The number of amides is 2. The van der Waals surface area contributed by atoms with Crippen molar-refractivity contribution < 1.29 is 28.8 Å². The first-order valence-corrected chi connectivity index (χ1v) is 12.0. The quantitative estimate of drug-likeness (QED) is 0.366. The molecule has 0 N–H and O–H groups in total. The maximum absolute atomic E-state index is 13.7. The van der Waals surface area contributed by atoms with E-state index in [-0.39, 0.29) is 35.7 Å². The Morgan fingerprint density at radius 2 is 1.88 bits per heavy atom. The van der Waals surface area contributed by atoms with E-state index in [2.05, 4.69) is 0 Å². The Morgan fingerprint density at radius 1 is 1.18 bits per heavy atom. The zero-order valence-corrected chi connectivity index (χ0v) is 19.4. The van der Waals surface area contributed by atoms with Crippen LogP contribution in [0.3, 0.4) is 0 Å². The summed E-state index contributed by atoms with van der Waals surface area (Å²) in [5, 5.41) is 11.2. The number of esters is 1. The fourth-order valence-electron chi connectivity index (χ4n) is 5.36. The van der Waals surface area contributed by atoms with Gasteiger partial charge in [-0.1, -0.05) is 12.5 Å². The van der Waals surface area contributed by atoms with E-state index >= 15 is 0 Å². The van der Waals surface area contributed by atoms with E-state index < -0.39 is 22.6 Å². The summed E-state index contributed by atoms with van der Waals surface area (Å²) < 4.78 is 11.3. The highest BCUT2D eigenvalue weighted by Gasteiger charge is 2.54. The Balaban J connectivity index is 1.56. The molecule has 10 nitrogen and oxygen atoms in total. The Morgan fingerprint density at radius 3 is 2.53 bits per heavy atom. The minimum Gasteiger partial charge on any atom is -0.466 e. The highest BCUT2D eigenvalue weighted by molar-refractivity contribution is 5.99. The molecule has 1 spiro atoms. The highest BCUT2D eigenvalue weighted by atomic mass is 16.6. The molecule has 0 bridgehead atoms. The lowest BCUT2D eigenvalue weighted by Crippen LogP contribution is -2.57. The maximum atomic E-state index is 13.7. The lowest BCUT2D eigenvalue weighted by molar-refractivity contribution is -0.384. The van der Waals surface area contributed by atoms with Crippen LogP contribution in [0.25, 0.3) is 0 Å². The van der Waals surface area contributed by atoms with Gasteiger partial charge in [0.05, 0.1) is 24.1 Å². The maximum Gasteiger partial charge on any atom is 0.309 e. The molecule has 0 radical (unpaired) electrons. The number of nitrogens with zero attached hydrogens (tertiary/aromatic N) is 3. The van der Waals surface area contributed by atoms with Gasteiger partial charge in [-0.3, -0.25) is 29.4 Å². The zero-order valence-electron chi connectivity index (χ0n) is 19.4. The van der Waals surface area contributed by atoms with E-state index in [9.17, 15) is 24.5 Å². The first-order valence-electron chi connectivity index (χ1n) is 12.0. The molecule has 1 atom stereocenters. The van der Waals surface area contributed by atoms with Gasteiger partial charge in [0.1, 0.15) is 11.8 Å². The van der Waals surface area contributed by atoms with Crippen molar-refractivity contribution in [2.24, 2.45) is 5.92 Å². The molecule has 184 valence electrons. The molecule has 34 heavy (non-hydrogen) atoms. The minimum atomic E-state index is -0.871. The Hall–Kier alpha value is -3.01. The molecular weight excluding hydrogens is 442 g/mol. The van der Waals surface area contributed by atoms with Crippen molar-refractivity contribution in [3.8, 4) is 0 Å². The summed E-state index contributed by atoms with van der Waals surface area (Å²) in [6, 6.07) is 4.81. The molecule has 3 aliphatic rings. The minimum absolute atomic E-state index is 0.0945. The second-order valence-electron chi connectivity index (χ2n) is 9.17. The van der Waals surface area contributed by atoms with Crippen LogP contribution in [0.5, 0.6) is 0 Å². The summed E-state index contributed by atoms with van der Waals surface area (Å²) in [6.45, 7) is 3.01. The van der Waals surface area contributed by atoms with Crippen LogP contribution in [0.2, 0.25) is 0 Å². The van der Waals surface area contributed by atoms with Crippen LogP contribution >= 0.6 is 0 Å². The van der Waals surface area contributed by atoms with Crippen LogP contribution in [0.1, 0.15) is 62.2 Å². The molecular formula is C24H31N3O7. The lowest BCUT2D eigenvalue weighted by Gasteiger charge is -2.42. The smallest absolute Gasteiger partial charge is 0.309 e. The topological polar surface area (TPSA) is 119 Å². The number of benzene rings is 1. The molecule has 1 saturated carbocycles. The van der Waals surface area contributed by atoms with Gasteiger partial charge >= 0.3 is 5.97 Å². The highest BCUT2D eigenvalue weighted by Crippen LogP contribution is 2.42. The molecule has 10 heteroatoms. The average molecular weight is 474 g/mol. The Kier molecular flexibility index (Phi) is 7.16. The van der Waals surface area contributed by atoms with Crippen molar-refractivity contribution in [3.63, 3.8) is 0 Å². The molecule has 1 unspecified atom stereocenters. The average Bonchev–Trinajstić information content (AvgIpc) is 3.21. The van der Waals surface area contributed by atoms with Crippen LogP contribution in [-0.4, -0.2) is 70.6 Å². The number of carbonyl (C=O) groups excluding carboxylic acids is 3. The van der Waals surface area contributed by atoms with Crippen molar-refractivity contribution in [3.05, 3.63) is 39.9 Å². The Labute approximate surface area is 198 Å². The molecule has 2 heterocycles.